The maximum Gasteiger partial charge on any atom is 0.125 e. The molecule has 1 unspecified atom stereocenters. The zero-order chi connectivity index (χ0) is 12.3. The molecular formula is C14H21NO2. The van der Waals surface area contributed by atoms with Crippen molar-refractivity contribution in [3.8, 4) is 11.5 Å². The predicted molar refractivity (Wildman–Crippen MR) is 68.8 cm³/mol. The van der Waals surface area contributed by atoms with Gasteiger partial charge in [-0.3, -0.25) is 0 Å². The first kappa shape index (κ1) is 12.2. The van der Waals surface area contributed by atoms with Gasteiger partial charge < -0.3 is 15.2 Å². The molecule has 1 aliphatic heterocycles. The van der Waals surface area contributed by atoms with Crippen LogP contribution < -0.4 is 10.1 Å². The van der Waals surface area contributed by atoms with Crippen LogP contribution in [0, 0.1) is 0 Å². The third-order valence-electron chi connectivity index (χ3n) is 3.49. The van der Waals surface area contributed by atoms with E-state index >= 15 is 0 Å². The molecule has 0 aromatic heterocycles. The molecule has 3 heteroatoms. The van der Waals surface area contributed by atoms with Gasteiger partial charge in [0.05, 0.1) is 7.11 Å². The van der Waals surface area contributed by atoms with E-state index in [4.69, 9.17) is 4.74 Å². The van der Waals surface area contributed by atoms with E-state index in [0.717, 1.165) is 30.7 Å². The first-order valence-corrected chi connectivity index (χ1v) is 6.36. The van der Waals surface area contributed by atoms with Crippen LogP contribution in [0.4, 0.5) is 0 Å². The summed E-state index contributed by atoms with van der Waals surface area (Å²) in [5.41, 5.74) is 2.19. The third kappa shape index (κ3) is 2.72. The first-order valence-electron chi connectivity index (χ1n) is 6.36. The lowest BCUT2D eigenvalue weighted by atomic mass is 9.99. The van der Waals surface area contributed by atoms with Crippen LogP contribution in [0.5, 0.6) is 11.5 Å². The SMILES string of the molecule is CCc1cc(CC2CCCN2)c(O)cc1OC. The minimum Gasteiger partial charge on any atom is -0.508 e. The average molecular weight is 235 g/mol. The fourth-order valence-corrected chi connectivity index (χ4v) is 2.49. The van der Waals surface area contributed by atoms with E-state index in [0.29, 0.717) is 11.8 Å². The smallest absolute Gasteiger partial charge is 0.125 e. The van der Waals surface area contributed by atoms with Crippen LogP contribution in [0.25, 0.3) is 0 Å². The van der Waals surface area contributed by atoms with Gasteiger partial charge in [0.2, 0.25) is 0 Å². The monoisotopic (exact) mass is 235 g/mol. The Bertz CT molecular complexity index is 384. The topological polar surface area (TPSA) is 41.5 Å². The number of phenols is 1. The lowest BCUT2D eigenvalue weighted by Crippen LogP contribution is -2.23. The standard InChI is InChI=1S/C14H21NO2/c1-3-10-7-11(8-12-5-4-6-15-12)13(16)9-14(10)17-2/h7,9,12,15-16H,3-6,8H2,1-2H3. The molecule has 1 aromatic rings. The molecule has 0 amide bonds. The Morgan fingerprint density at radius 2 is 2.24 bits per heavy atom. The molecule has 0 radical (unpaired) electrons. The van der Waals surface area contributed by atoms with Gasteiger partial charge in [-0.25, -0.2) is 0 Å². The van der Waals surface area contributed by atoms with Gasteiger partial charge in [-0.2, -0.15) is 0 Å². The van der Waals surface area contributed by atoms with Crippen molar-refractivity contribution in [2.75, 3.05) is 13.7 Å². The minimum absolute atomic E-state index is 0.354. The Balaban J connectivity index is 2.20. The van der Waals surface area contributed by atoms with E-state index in [9.17, 15) is 5.11 Å². The van der Waals surface area contributed by atoms with Crippen molar-refractivity contribution in [3.05, 3.63) is 23.3 Å². The average Bonchev–Trinajstić information content (AvgIpc) is 2.84. The highest BCUT2D eigenvalue weighted by Gasteiger charge is 2.17. The number of nitrogens with one attached hydrogen (secondary N) is 1. The molecule has 1 fully saturated rings. The molecule has 0 saturated carbocycles. The second-order valence-corrected chi connectivity index (χ2v) is 4.64. The lowest BCUT2D eigenvalue weighted by Gasteiger charge is -2.15. The highest BCUT2D eigenvalue weighted by atomic mass is 16.5. The molecule has 2 N–H and O–H groups in total. The van der Waals surface area contributed by atoms with Gasteiger partial charge in [-0.1, -0.05) is 6.92 Å². The molecule has 1 aliphatic rings. The molecule has 17 heavy (non-hydrogen) atoms. The second-order valence-electron chi connectivity index (χ2n) is 4.64. The molecule has 1 heterocycles. The summed E-state index contributed by atoms with van der Waals surface area (Å²) < 4.78 is 5.27. The summed E-state index contributed by atoms with van der Waals surface area (Å²) in [5, 5.41) is 13.5. The van der Waals surface area contributed by atoms with Crippen molar-refractivity contribution < 1.29 is 9.84 Å². The van der Waals surface area contributed by atoms with Crippen molar-refractivity contribution in [1.29, 1.82) is 0 Å². The normalized spacial score (nSPS) is 19.5. The molecule has 0 bridgehead atoms. The molecule has 3 nitrogen and oxygen atoms in total. The highest BCUT2D eigenvalue weighted by Crippen LogP contribution is 2.30. The van der Waals surface area contributed by atoms with E-state index in [2.05, 4.69) is 18.3 Å². The van der Waals surface area contributed by atoms with Gasteiger partial charge in [-0.15, -0.1) is 0 Å². The van der Waals surface area contributed by atoms with Crippen LogP contribution in [-0.4, -0.2) is 24.8 Å². The zero-order valence-corrected chi connectivity index (χ0v) is 10.6. The molecule has 0 aliphatic carbocycles. The van der Waals surface area contributed by atoms with Crippen molar-refractivity contribution in [1.82, 2.24) is 5.32 Å². The summed E-state index contributed by atoms with van der Waals surface area (Å²) >= 11 is 0. The fraction of sp³-hybridized carbons (Fsp3) is 0.571. The minimum atomic E-state index is 0.354. The summed E-state index contributed by atoms with van der Waals surface area (Å²) in [7, 11) is 1.64. The Morgan fingerprint density at radius 3 is 2.82 bits per heavy atom. The Morgan fingerprint density at radius 1 is 1.41 bits per heavy atom. The molecule has 94 valence electrons. The van der Waals surface area contributed by atoms with E-state index in [-0.39, 0.29) is 0 Å². The number of phenolic OH excluding ortho intramolecular Hbond substituents is 1. The zero-order valence-electron chi connectivity index (χ0n) is 10.6. The molecule has 1 atom stereocenters. The molecule has 1 aromatic carbocycles. The third-order valence-corrected chi connectivity index (χ3v) is 3.49. The van der Waals surface area contributed by atoms with E-state index in [1.807, 2.05) is 0 Å². The van der Waals surface area contributed by atoms with Crippen LogP contribution in [-0.2, 0) is 12.8 Å². The maximum atomic E-state index is 9.99. The fourth-order valence-electron chi connectivity index (χ4n) is 2.49. The van der Waals surface area contributed by atoms with E-state index in [1.165, 1.54) is 18.4 Å². The Labute approximate surface area is 103 Å². The van der Waals surface area contributed by atoms with Crippen molar-refractivity contribution in [2.45, 2.75) is 38.6 Å². The summed E-state index contributed by atoms with van der Waals surface area (Å²) in [5.74, 6) is 1.14. The summed E-state index contributed by atoms with van der Waals surface area (Å²) in [6, 6.07) is 4.33. The number of benzene rings is 1. The van der Waals surface area contributed by atoms with Gasteiger partial charge >= 0.3 is 0 Å². The summed E-state index contributed by atoms with van der Waals surface area (Å²) in [6.45, 7) is 3.20. The van der Waals surface area contributed by atoms with Crippen LogP contribution >= 0.6 is 0 Å². The highest BCUT2D eigenvalue weighted by molar-refractivity contribution is 5.46. The van der Waals surface area contributed by atoms with Crippen molar-refractivity contribution in [2.24, 2.45) is 0 Å². The van der Waals surface area contributed by atoms with Crippen molar-refractivity contribution in [3.63, 3.8) is 0 Å². The summed E-state index contributed by atoms with van der Waals surface area (Å²) in [4.78, 5) is 0. The Hall–Kier alpha value is -1.22. The largest absolute Gasteiger partial charge is 0.508 e. The molecule has 2 rings (SSSR count). The number of aryl methyl sites for hydroxylation is 1. The Kier molecular flexibility index (Phi) is 3.89. The lowest BCUT2D eigenvalue weighted by molar-refractivity contribution is 0.401. The number of rotatable bonds is 4. The molecule has 1 saturated heterocycles. The van der Waals surface area contributed by atoms with Crippen molar-refractivity contribution >= 4 is 0 Å². The number of hydrogen-bond donors (Lipinski definition) is 2. The number of methoxy groups -OCH3 is 1. The van der Waals surface area contributed by atoms with Gasteiger partial charge in [-0.05, 0) is 49.4 Å². The van der Waals surface area contributed by atoms with Gasteiger partial charge in [0.25, 0.3) is 0 Å². The van der Waals surface area contributed by atoms with Crippen LogP contribution in [0.3, 0.4) is 0 Å². The van der Waals surface area contributed by atoms with Gasteiger partial charge in [0.1, 0.15) is 11.5 Å². The van der Waals surface area contributed by atoms with Gasteiger partial charge in [0.15, 0.2) is 0 Å². The van der Waals surface area contributed by atoms with Crippen LogP contribution in [0.15, 0.2) is 12.1 Å². The molecular weight excluding hydrogens is 214 g/mol. The first-order chi connectivity index (χ1) is 8.24. The van der Waals surface area contributed by atoms with Crippen LogP contribution in [0.2, 0.25) is 0 Å². The maximum absolute atomic E-state index is 9.99. The second kappa shape index (κ2) is 5.41. The predicted octanol–water partition coefficient (Wildman–Crippen LogP) is 2.26. The number of ether oxygens (including phenoxy) is 1. The van der Waals surface area contributed by atoms with E-state index in [1.54, 1.807) is 13.2 Å². The van der Waals surface area contributed by atoms with E-state index < -0.39 is 0 Å². The quantitative estimate of drug-likeness (QED) is 0.841. The van der Waals surface area contributed by atoms with Gasteiger partial charge in [0, 0.05) is 12.1 Å². The summed E-state index contributed by atoms with van der Waals surface area (Å²) in [6.07, 6.45) is 4.27. The van der Waals surface area contributed by atoms with Crippen LogP contribution in [0.1, 0.15) is 30.9 Å². The number of aromatic hydroxyl groups is 1. The molecule has 0 spiro atoms. The number of hydrogen-bond acceptors (Lipinski definition) is 3.